The van der Waals surface area contributed by atoms with Crippen LogP contribution >= 0.6 is 0 Å². The van der Waals surface area contributed by atoms with Crippen molar-refractivity contribution in [1.29, 1.82) is 0 Å². The number of hydrogen-bond acceptors (Lipinski definition) is 2. The van der Waals surface area contributed by atoms with E-state index >= 15 is 0 Å². The zero-order valence-corrected chi connectivity index (χ0v) is 9.74. The number of aryl methyl sites for hydroxylation is 1. The maximum atomic E-state index is 12.8. The second-order valence-corrected chi connectivity index (χ2v) is 4.05. The minimum absolute atomic E-state index is 0.0467. The van der Waals surface area contributed by atoms with Gasteiger partial charge in [0.15, 0.2) is 0 Å². The molecule has 1 N–H and O–H groups in total. The van der Waals surface area contributed by atoms with Crippen LogP contribution in [0.4, 0.5) is 13.2 Å². The van der Waals surface area contributed by atoms with Crippen LogP contribution in [0.15, 0.2) is 30.5 Å². The summed E-state index contributed by atoms with van der Waals surface area (Å²) in [6, 6.07) is 5.12. The Balaban J connectivity index is 2.54. The highest BCUT2D eigenvalue weighted by Gasteiger charge is 2.32. The number of pyridine rings is 1. The molecule has 0 aliphatic rings. The van der Waals surface area contributed by atoms with Crippen molar-refractivity contribution in [1.82, 2.24) is 4.98 Å². The standard InChI is InChI=1S/C13H10F3NO2/c14-13(15,16)10-3-1-2-9-8(10)6-7-17-11(9)4-5-12(18)19/h1-3,6-7H,4-5H2,(H,18,19). The first-order valence-corrected chi connectivity index (χ1v) is 5.55. The molecule has 2 aromatic rings. The minimum Gasteiger partial charge on any atom is -0.481 e. The van der Waals surface area contributed by atoms with Gasteiger partial charge in [-0.2, -0.15) is 13.2 Å². The van der Waals surface area contributed by atoms with Crippen molar-refractivity contribution in [3.05, 3.63) is 41.7 Å². The highest BCUT2D eigenvalue weighted by atomic mass is 19.4. The van der Waals surface area contributed by atoms with E-state index in [9.17, 15) is 18.0 Å². The molecule has 0 fully saturated rings. The number of hydrogen-bond donors (Lipinski definition) is 1. The summed E-state index contributed by atoms with van der Waals surface area (Å²) in [7, 11) is 0. The number of benzene rings is 1. The van der Waals surface area contributed by atoms with E-state index in [1.807, 2.05) is 0 Å². The van der Waals surface area contributed by atoms with Crippen molar-refractivity contribution in [3.8, 4) is 0 Å². The molecule has 0 amide bonds. The second kappa shape index (κ2) is 4.87. The van der Waals surface area contributed by atoms with Gasteiger partial charge in [0.2, 0.25) is 0 Å². The van der Waals surface area contributed by atoms with Gasteiger partial charge >= 0.3 is 12.1 Å². The topological polar surface area (TPSA) is 50.2 Å². The lowest BCUT2D eigenvalue weighted by Gasteiger charge is -2.11. The van der Waals surface area contributed by atoms with E-state index in [-0.39, 0.29) is 18.2 Å². The summed E-state index contributed by atoms with van der Waals surface area (Å²) in [5.74, 6) is -1.01. The number of aromatic nitrogens is 1. The second-order valence-electron chi connectivity index (χ2n) is 4.05. The Morgan fingerprint density at radius 3 is 2.58 bits per heavy atom. The average molecular weight is 269 g/mol. The third-order valence-electron chi connectivity index (χ3n) is 2.77. The summed E-state index contributed by atoms with van der Waals surface area (Å²) in [6.07, 6.45) is -3.23. The molecule has 2 rings (SSSR count). The van der Waals surface area contributed by atoms with Crippen LogP contribution in [-0.4, -0.2) is 16.1 Å². The summed E-state index contributed by atoms with van der Waals surface area (Å²) < 4.78 is 38.5. The summed E-state index contributed by atoms with van der Waals surface area (Å²) in [5.41, 5.74) is -0.366. The van der Waals surface area contributed by atoms with Gasteiger partial charge in [-0.15, -0.1) is 0 Å². The van der Waals surface area contributed by atoms with E-state index in [2.05, 4.69) is 4.98 Å². The summed E-state index contributed by atoms with van der Waals surface area (Å²) in [5, 5.41) is 9.02. The van der Waals surface area contributed by atoms with Crippen molar-refractivity contribution >= 4 is 16.7 Å². The SMILES string of the molecule is O=C(O)CCc1nccc2c(C(F)(F)F)cccc12. The molecule has 0 radical (unpaired) electrons. The Kier molecular flexibility index (Phi) is 3.42. The van der Waals surface area contributed by atoms with Crippen LogP contribution in [0.25, 0.3) is 10.8 Å². The van der Waals surface area contributed by atoms with E-state index in [0.29, 0.717) is 11.1 Å². The number of alkyl halides is 3. The maximum Gasteiger partial charge on any atom is 0.417 e. The molecule has 0 atom stereocenters. The van der Waals surface area contributed by atoms with Crippen LogP contribution in [0.5, 0.6) is 0 Å². The van der Waals surface area contributed by atoms with Crippen LogP contribution in [0.3, 0.4) is 0 Å². The van der Waals surface area contributed by atoms with Gasteiger partial charge in [-0.3, -0.25) is 9.78 Å². The number of fused-ring (bicyclic) bond motifs is 1. The molecule has 1 aromatic heterocycles. The number of rotatable bonds is 3. The van der Waals surface area contributed by atoms with Gasteiger partial charge in [0.25, 0.3) is 0 Å². The number of halogens is 3. The molecule has 0 aliphatic carbocycles. The first-order valence-electron chi connectivity index (χ1n) is 5.55. The van der Waals surface area contributed by atoms with Gasteiger partial charge in [-0.25, -0.2) is 0 Å². The molecule has 1 aromatic carbocycles. The fourth-order valence-electron chi connectivity index (χ4n) is 1.94. The van der Waals surface area contributed by atoms with Crippen LogP contribution < -0.4 is 0 Å². The third-order valence-corrected chi connectivity index (χ3v) is 2.77. The zero-order chi connectivity index (χ0) is 14.0. The normalized spacial score (nSPS) is 11.7. The van der Waals surface area contributed by atoms with Crippen LogP contribution in [0.1, 0.15) is 17.7 Å². The molecule has 0 saturated heterocycles. The minimum atomic E-state index is -4.44. The maximum absolute atomic E-state index is 12.8. The van der Waals surface area contributed by atoms with E-state index in [4.69, 9.17) is 5.11 Å². The third kappa shape index (κ3) is 2.83. The molecule has 0 saturated carbocycles. The van der Waals surface area contributed by atoms with E-state index in [1.165, 1.54) is 24.4 Å². The lowest BCUT2D eigenvalue weighted by Crippen LogP contribution is -2.07. The van der Waals surface area contributed by atoms with Crippen LogP contribution in [0, 0.1) is 0 Å². The van der Waals surface area contributed by atoms with E-state index in [0.717, 1.165) is 6.07 Å². The van der Waals surface area contributed by atoms with Crippen molar-refractivity contribution in [3.63, 3.8) is 0 Å². The monoisotopic (exact) mass is 269 g/mol. The van der Waals surface area contributed by atoms with Gasteiger partial charge in [0, 0.05) is 23.7 Å². The Morgan fingerprint density at radius 1 is 1.21 bits per heavy atom. The largest absolute Gasteiger partial charge is 0.481 e. The van der Waals surface area contributed by atoms with Gasteiger partial charge in [-0.1, -0.05) is 12.1 Å². The molecular formula is C13H10F3NO2. The van der Waals surface area contributed by atoms with Gasteiger partial charge in [0.05, 0.1) is 12.0 Å². The fraction of sp³-hybridized carbons (Fsp3) is 0.231. The highest BCUT2D eigenvalue weighted by Crippen LogP contribution is 2.35. The van der Waals surface area contributed by atoms with Gasteiger partial charge < -0.3 is 5.11 Å². The molecule has 1 heterocycles. The van der Waals surface area contributed by atoms with Crippen molar-refractivity contribution < 1.29 is 23.1 Å². The first-order chi connectivity index (χ1) is 8.89. The molecule has 0 aliphatic heterocycles. The van der Waals surface area contributed by atoms with E-state index < -0.39 is 17.7 Å². The Morgan fingerprint density at radius 2 is 1.95 bits per heavy atom. The molecule has 0 spiro atoms. The van der Waals surface area contributed by atoms with Crippen LogP contribution in [-0.2, 0) is 17.4 Å². The van der Waals surface area contributed by atoms with E-state index in [1.54, 1.807) is 0 Å². The molecular weight excluding hydrogens is 259 g/mol. The summed E-state index contributed by atoms with van der Waals surface area (Å²) in [6.45, 7) is 0. The number of aliphatic carboxylic acids is 1. The van der Waals surface area contributed by atoms with Crippen molar-refractivity contribution in [2.75, 3.05) is 0 Å². The predicted molar refractivity (Wildman–Crippen MR) is 62.7 cm³/mol. The van der Waals surface area contributed by atoms with Gasteiger partial charge in [0.1, 0.15) is 0 Å². The zero-order valence-electron chi connectivity index (χ0n) is 9.74. The Labute approximate surface area is 106 Å². The molecule has 6 heteroatoms. The number of carboxylic acids is 1. The number of carboxylic acid groups (broad SMARTS) is 1. The summed E-state index contributed by atoms with van der Waals surface area (Å²) in [4.78, 5) is 14.5. The predicted octanol–water partition coefficient (Wildman–Crippen LogP) is 3.27. The highest BCUT2D eigenvalue weighted by molar-refractivity contribution is 5.88. The molecule has 0 unspecified atom stereocenters. The summed E-state index contributed by atoms with van der Waals surface area (Å²) >= 11 is 0. The lowest BCUT2D eigenvalue weighted by molar-refractivity contribution is -0.137. The van der Waals surface area contributed by atoms with Crippen molar-refractivity contribution in [2.45, 2.75) is 19.0 Å². The fourth-order valence-corrected chi connectivity index (χ4v) is 1.94. The smallest absolute Gasteiger partial charge is 0.417 e. The molecule has 100 valence electrons. The Hall–Kier alpha value is -2.11. The number of nitrogens with zero attached hydrogens (tertiary/aromatic N) is 1. The van der Waals surface area contributed by atoms with Gasteiger partial charge in [-0.05, 0) is 17.5 Å². The number of carbonyl (C=O) groups is 1. The first kappa shape index (κ1) is 13.3. The molecule has 0 bridgehead atoms. The molecule has 3 nitrogen and oxygen atoms in total. The average Bonchev–Trinajstić information content (AvgIpc) is 2.34. The van der Waals surface area contributed by atoms with Crippen molar-refractivity contribution in [2.24, 2.45) is 0 Å². The Bertz CT molecular complexity index is 623. The molecule has 19 heavy (non-hydrogen) atoms. The quantitative estimate of drug-likeness (QED) is 0.930. The lowest BCUT2D eigenvalue weighted by atomic mass is 10.0. The van der Waals surface area contributed by atoms with Crippen LogP contribution in [0.2, 0.25) is 0 Å².